The molecule has 5 heteroatoms. The van der Waals surface area contributed by atoms with Gasteiger partial charge in [-0.3, -0.25) is 4.79 Å². The summed E-state index contributed by atoms with van der Waals surface area (Å²) in [6.07, 6.45) is 4.35. The third-order valence-electron chi connectivity index (χ3n) is 6.27. The van der Waals surface area contributed by atoms with Crippen LogP contribution in [0.4, 0.5) is 0 Å². The van der Waals surface area contributed by atoms with Gasteiger partial charge in [0.2, 0.25) is 5.91 Å². The first-order valence-electron chi connectivity index (χ1n) is 12.4. The molecule has 0 heterocycles. The van der Waals surface area contributed by atoms with Crippen molar-refractivity contribution in [2.45, 2.75) is 25.7 Å². The molecule has 3 aromatic rings. The molecule has 1 amide bonds. The standard InChI is InChI=1S/C29H38N3OP/c1-32(23-12-21-30)24-13-22-31-29(33)20-11-25-34(26-14-5-2-6-15-26,27-16-7-3-8-17-27)28-18-9-4-10-19-28/h2-10,14-19H,11-13,20-25,30H2,1H3/p+1. The monoisotopic (exact) mass is 476 g/mol. The molecule has 0 aromatic heterocycles. The van der Waals surface area contributed by atoms with Gasteiger partial charge in [0.25, 0.3) is 0 Å². The number of carbonyl (C=O) groups is 1. The molecule has 34 heavy (non-hydrogen) atoms. The summed E-state index contributed by atoms with van der Waals surface area (Å²) in [4.78, 5) is 14.9. The zero-order valence-corrected chi connectivity index (χ0v) is 21.3. The van der Waals surface area contributed by atoms with Crippen LogP contribution in [0.5, 0.6) is 0 Å². The summed E-state index contributed by atoms with van der Waals surface area (Å²) in [6.45, 7) is 3.43. The number of hydrogen-bond acceptors (Lipinski definition) is 3. The lowest BCUT2D eigenvalue weighted by Crippen LogP contribution is -2.34. The van der Waals surface area contributed by atoms with Crippen LogP contribution in [0, 0.1) is 0 Å². The summed E-state index contributed by atoms with van der Waals surface area (Å²) in [5.74, 6) is 0.150. The number of hydrogen-bond donors (Lipinski definition) is 2. The van der Waals surface area contributed by atoms with E-state index in [4.69, 9.17) is 5.73 Å². The fourth-order valence-corrected chi connectivity index (χ4v) is 8.84. The molecule has 3 N–H and O–H groups in total. The summed E-state index contributed by atoms with van der Waals surface area (Å²) in [6, 6.07) is 32.6. The quantitative estimate of drug-likeness (QED) is 0.276. The number of carbonyl (C=O) groups excluding carboxylic acids is 1. The van der Waals surface area contributed by atoms with Gasteiger partial charge in [-0.1, -0.05) is 54.6 Å². The third kappa shape index (κ3) is 7.24. The molecule has 0 bridgehead atoms. The Morgan fingerprint density at radius 2 is 1.24 bits per heavy atom. The van der Waals surface area contributed by atoms with Gasteiger partial charge in [0, 0.05) is 13.0 Å². The zero-order chi connectivity index (χ0) is 24.1. The maximum absolute atomic E-state index is 12.6. The normalized spacial score (nSPS) is 11.5. The third-order valence-corrected chi connectivity index (χ3v) is 10.8. The van der Waals surface area contributed by atoms with E-state index in [-0.39, 0.29) is 5.91 Å². The van der Waals surface area contributed by atoms with Gasteiger partial charge >= 0.3 is 0 Å². The van der Waals surface area contributed by atoms with Crippen molar-refractivity contribution in [2.75, 3.05) is 39.4 Å². The largest absolute Gasteiger partial charge is 0.356 e. The van der Waals surface area contributed by atoms with Crippen molar-refractivity contribution in [3.63, 3.8) is 0 Å². The van der Waals surface area contributed by atoms with E-state index in [2.05, 4.69) is 108 Å². The Bertz CT molecular complexity index is 870. The number of nitrogens with zero attached hydrogens (tertiary/aromatic N) is 1. The first-order valence-corrected chi connectivity index (χ1v) is 14.3. The topological polar surface area (TPSA) is 58.4 Å². The Balaban J connectivity index is 1.68. The highest BCUT2D eigenvalue weighted by molar-refractivity contribution is 7.95. The highest BCUT2D eigenvalue weighted by atomic mass is 31.2. The van der Waals surface area contributed by atoms with Crippen molar-refractivity contribution in [2.24, 2.45) is 5.73 Å². The Hall–Kier alpha value is -2.52. The second-order valence-electron chi connectivity index (χ2n) is 8.79. The van der Waals surface area contributed by atoms with E-state index >= 15 is 0 Å². The molecule has 0 aliphatic carbocycles. The van der Waals surface area contributed by atoms with Crippen molar-refractivity contribution in [1.29, 1.82) is 0 Å². The van der Waals surface area contributed by atoms with E-state index in [0.717, 1.165) is 51.6 Å². The highest BCUT2D eigenvalue weighted by Gasteiger charge is 2.44. The maximum Gasteiger partial charge on any atom is 0.220 e. The van der Waals surface area contributed by atoms with Crippen LogP contribution in [-0.2, 0) is 4.79 Å². The Morgan fingerprint density at radius 3 is 1.71 bits per heavy atom. The summed E-state index contributed by atoms with van der Waals surface area (Å²) < 4.78 is 0. The molecule has 0 atom stereocenters. The van der Waals surface area contributed by atoms with E-state index in [1.165, 1.54) is 15.9 Å². The summed E-state index contributed by atoms with van der Waals surface area (Å²) in [5, 5.41) is 7.23. The van der Waals surface area contributed by atoms with Crippen molar-refractivity contribution in [3.05, 3.63) is 91.0 Å². The number of benzene rings is 3. The van der Waals surface area contributed by atoms with Crippen LogP contribution >= 0.6 is 7.26 Å². The SMILES string of the molecule is CN(CCCN)CCCNC(=O)CCC[P+](c1ccccc1)(c1ccccc1)c1ccccc1. The summed E-state index contributed by atoms with van der Waals surface area (Å²) >= 11 is 0. The van der Waals surface area contributed by atoms with Gasteiger partial charge in [-0.2, -0.15) is 0 Å². The predicted octanol–water partition coefficient (Wildman–Crippen LogP) is 3.55. The molecular formula is C29H39N3OP+. The van der Waals surface area contributed by atoms with Crippen molar-refractivity contribution in [3.8, 4) is 0 Å². The van der Waals surface area contributed by atoms with Gasteiger partial charge in [-0.15, -0.1) is 0 Å². The average molecular weight is 477 g/mol. The molecular weight excluding hydrogens is 437 g/mol. The molecule has 0 saturated heterocycles. The lowest BCUT2D eigenvalue weighted by Gasteiger charge is -2.27. The minimum absolute atomic E-state index is 0.150. The number of nitrogens with one attached hydrogen (secondary N) is 1. The van der Waals surface area contributed by atoms with Gasteiger partial charge in [0.15, 0.2) is 0 Å². The molecule has 0 fully saturated rings. The molecule has 3 rings (SSSR count). The lowest BCUT2D eigenvalue weighted by molar-refractivity contribution is -0.121. The van der Waals surface area contributed by atoms with Gasteiger partial charge in [0.05, 0.1) is 6.16 Å². The molecule has 4 nitrogen and oxygen atoms in total. The molecule has 0 radical (unpaired) electrons. The van der Waals surface area contributed by atoms with Crippen molar-refractivity contribution in [1.82, 2.24) is 10.2 Å². The van der Waals surface area contributed by atoms with Crippen LogP contribution in [0.15, 0.2) is 91.0 Å². The van der Waals surface area contributed by atoms with Gasteiger partial charge in [-0.05, 0) is 82.3 Å². The average Bonchev–Trinajstić information content (AvgIpc) is 2.89. The van der Waals surface area contributed by atoms with Crippen LogP contribution in [0.1, 0.15) is 25.7 Å². The first-order chi connectivity index (χ1) is 16.7. The molecule has 0 saturated carbocycles. The predicted molar refractivity (Wildman–Crippen MR) is 148 cm³/mol. The maximum atomic E-state index is 12.6. The van der Waals surface area contributed by atoms with Gasteiger partial charge < -0.3 is 16.0 Å². The van der Waals surface area contributed by atoms with E-state index in [1.54, 1.807) is 0 Å². The second-order valence-corrected chi connectivity index (χ2v) is 12.4. The molecule has 0 unspecified atom stereocenters. The van der Waals surface area contributed by atoms with E-state index in [0.29, 0.717) is 6.42 Å². The van der Waals surface area contributed by atoms with E-state index in [9.17, 15) is 4.79 Å². The molecule has 180 valence electrons. The Kier molecular flexibility index (Phi) is 10.8. The molecule has 0 aliphatic rings. The summed E-state index contributed by atoms with van der Waals surface area (Å²) in [5.41, 5.74) is 5.58. The smallest absolute Gasteiger partial charge is 0.220 e. The lowest BCUT2D eigenvalue weighted by atomic mass is 10.3. The van der Waals surface area contributed by atoms with Crippen molar-refractivity contribution >= 4 is 29.1 Å². The Labute approximate surface area is 205 Å². The fraction of sp³-hybridized carbons (Fsp3) is 0.345. The van der Waals surface area contributed by atoms with Gasteiger partial charge in [0.1, 0.15) is 23.2 Å². The molecule has 0 aliphatic heterocycles. The zero-order valence-electron chi connectivity index (χ0n) is 20.4. The van der Waals surface area contributed by atoms with Crippen LogP contribution in [0.3, 0.4) is 0 Å². The molecule has 3 aromatic carbocycles. The number of nitrogens with two attached hydrogens (primary N) is 1. The summed E-state index contributed by atoms with van der Waals surface area (Å²) in [7, 11) is 0.247. The second kappa shape index (κ2) is 14.0. The minimum Gasteiger partial charge on any atom is -0.356 e. The van der Waals surface area contributed by atoms with Crippen LogP contribution < -0.4 is 27.0 Å². The minimum atomic E-state index is -1.86. The fourth-order valence-electron chi connectivity index (χ4n) is 4.50. The van der Waals surface area contributed by atoms with Crippen LogP contribution in [-0.4, -0.2) is 50.2 Å². The number of amides is 1. The van der Waals surface area contributed by atoms with Crippen LogP contribution in [0.25, 0.3) is 0 Å². The van der Waals surface area contributed by atoms with E-state index < -0.39 is 7.26 Å². The molecule has 0 spiro atoms. The highest BCUT2D eigenvalue weighted by Crippen LogP contribution is 2.55. The van der Waals surface area contributed by atoms with E-state index in [1.807, 2.05) is 0 Å². The first kappa shape index (κ1) is 26.1. The number of rotatable bonds is 14. The van der Waals surface area contributed by atoms with Gasteiger partial charge in [-0.25, -0.2) is 0 Å². The van der Waals surface area contributed by atoms with Crippen LogP contribution in [0.2, 0.25) is 0 Å². The Morgan fingerprint density at radius 1 is 0.765 bits per heavy atom. The van der Waals surface area contributed by atoms with Crippen molar-refractivity contribution < 1.29 is 4.79 Å².